The first-order chi connectivity index (χ1) is 9.78. The number of hydrogen-bond acceptors (Lipinski definition) is 6. The highest BCUT2D eigenvalue weighted by Gasteiger charge is 2.18. The van der Waals surface area contributed by atoms with Gasteiger partial charge >= 0.3 is 0 Å². The van der Waals surface area contributed by atoms with Gasteiger partial charge in [0.25, 0.3) is 0 Å². The first-order valence-corrected chi connectivity index (χ1v) is 6.19. The van der Waals surface area contributed by atoms with E-state index in [1.165, 1.54) is 0 Å². The van der Waals surface area contributed by atoms with E-state index in [9.17, 15) is 0 Å². The van der Waals surface area contributed by atoms with Crippen molar-refractivity contribution in [2.45, 2.75) is 12.7 Å². The molecule has 1 heterocycles. The monoisotopic (exact) mass is 274 g/mol. The number of anilines is 1. The van der Waals surface area contributed by atoms with E-state index in [1.807, 2.05) is 30.3 Å². The third kappa shape index (κ3) is 3.30. The molecule has 0 bridgehead atoms. The van der Waals surface area contributed by atoms with Crippen LogP contribution in [0.4, 0.5) is 5.82 Å². The molecule has 0 saturated heterocycles. The molecule has 0 spiro atoms. The Morgan fingerprint density at radius 1 is 1.20 bits per heavy atom. The number of benzene rings is 1. The Balaban J connectivity index is 2.40. The van der Waals surface area contributed by atoms with Crippen molar-refractivity contribution in [2.24, 2.45) is 5.84 Å². The van der Waals surface area contributed by atoms with Gasteiger partial charge in [0.15, 0.2) is 5.82 Å². The molecule has 1 aromatic heterocycles. The quantitative estimate of drug-likeness (QED) is 0.615. The second-order valence-electron chi connectivity index (χ2n) is 4.21. The van der Waals surface area contributed by atoms with Gasteiger partial charge in [-0.05, 0) is 5.56 Å². The van der Waals surface area contributed by atoms with Crippen LogP contribution in [0.25, 0.3) is 0 Å². The lowest BCUT2D eigenvalue weighted by Gasteiger charge is -2.16. The zero-order chi connectivity index (χ0) is 14.4. The van der Waals surface area contributed by atoms with Crippen molar-refractivity contribution in [1.82, 2.24) is 9.97 Å². The topological polar surface area (TPSA) is 82.3 Å². The van der Waals surface area contributed by atoms with E-state index >= 15 is 0 Å². The van der Waals surface area contributed by atoms with Crippen molar-refractivity contribution in [3.63, 3.8) is 0 Å². The predicted molar refractivity (Wildman–Crippen MR) is 75.8 cm³/mol. The fraction of sp³-hybridized carbons (Fsp3) is 0.286. The van der Waals surface area contributed by atoms with Crippen LogP contribution in [0, 0.1) is 0 Å². The van der Waals surface area contributed by atoms with E-state index in [1.54, 1.807) is 20.3 Å². The summed E-state index contributed by atoms with van der Waals surface area (Å²) in [6, 6.07) is 11.5. The lowest BCUT2D eigenvalue weighted by Crippen LogP contribution is -2.15. The smallest absolute Gasteiger partial charge is 0.164 e. The largest absolute Gasteiger partial charge is 0.378 e. The van der Waals surface area contributed by atoms with Crippen molar-refractivity contribution >= 4 is 5.82 Å². The Morgan fingerprint density at radius 3 is 2.55 bits per heavy atom. The molecule has 0 aliphatic rings. The van der Waals surface area contributed by atoms with Gasteiger partial charge in [0.05, 0.1) is 12.3 Å². The number of hydrazine groups is 1. The molecule has 20 heavy (non-hydrogen) atoms. The van der Waals surface area contributed by atoms with Crippen LogP contribution in [-0.4, -0.2) is 24.2 Å². The molecule has 1 atom stereocenters. The van der Waals surface area contributed by atoms with E-state index in [4.69, 9.17) is 15.3 Å². The molecule has 106 valence electrons. The number of nitrogen functional groups attached to an aromatic ring is 1. The summed E-state index contributed by atoms with van der Waals surface area (Å²) in [5.74, 6) is 6.51. The van der Waals surface area contributed by atoms with Crippen molar-refractivity contribution in [3.8, 4) is 0 Å². The summed E-state index contributed by atoms with van der Waals surface area (Å²) in [4.78, 5) is 8.82. The maximum Gasteiger partial charge on any atom is 0.164 e. The molecule has 6 nitrogen and oxygen atoms in total. The molecule has 1 unspecified atom stereocenters. The number of aromatic nitrogens is 2. The van der Waals surface area contributed by atoms with E-state index in [-0.39, 0.29) is 6.10 Å². The normalized spacial score (nSPS) is 12.2. The minimum absolute atomic E-state index is 0.347. The molecule has 0 aliphatic carbocycles. The van der Waals surface area contributed by atoms with Gasteiger partial charge in [0.2, 0.25) is 0 Å². The summed E-state index contributed by atoms with van der Waals surface area (Å²) < 4.78 is 10.6. The summed E-state index contributed by atoms with van der Waals surface area (Å²) >= 11 is 0. The van der Waals surface area contributed by atoms with Crippen LogP contribution in [0.2, 0.25) is 0 Å². The van der Waals surface area contributed by atoms with Gasteiger partial charge in [-0.3, -0.25) is 0 Å². The van der Waals surface area contributed by atoms with E-state index < -0.39 is 0 Å². The van der Waals surface area contributed by atoms with Crippen molar-refractivity contribution in [2.75, 3.05) is 19.6 Å². The summed E-state index contributed by atoms with van der Waals surface area (Å²) in [5, 5.41) is 0. The van der Waals surface area contributed by atoms with Gasteiger partial charge in [-0.15, -0.1) is 0 Å². The molecule has 2 aromatic rings. The van der Waals surface area contributed by atoms with E-state index in [2.05, 4.69) is 15.4 Å². The molecular formula is C14H18N4O2. The molecule has 0 radical (unpaired) electrons. The van der Waals surface area contributed by atoms with Crippen LogP contribution in [0.5, 0.6) is 0 Å². The molecule has 2 rings (SSSR count). The molecule has 0 saturated carbocycles. The van der Waals surface area contributed by atoms with Crippen LogP contribution >= 0.6 is 0 Å². The summed E-state index contributed by atoms with van der Waals surface area (Å²) in [6.45, 7) is 0.384. The summed E-state index contributed by atoms with van der Waals surface area (Å²) in [5.41, 5.74) is 4.25. The van der Waals surface area contributed by atoms with Gasteiger partial charge in [0, 0.05) is 20.3 Å². The van der Waals surface area contributed by atoms with E-state index in [0.29, 0.717) is 18.2 Å². The maximum atomic E-state index is 5.52. The highest BCUT2D eigenvalue weighted by atomic mass is 16.5. The molecule has 0 fully saturated rings. The number of nitrogens with one attached hydrogen (secondary N) is 1. The first kappa shape index (κ1) is 14.4. The zero-order valence-electron chi connectivity index (χ0n) is 11.5. The van der Waals surface area contributed by atoms with Gasteiger partial charge < -0.3 is 14.9 Å². The average molecular weight is 274 g/mol. The average Bonchev–Trinajstić information content (AvgIpc) is 2.49. The zero-order valence-corrected chi connectivity index (χ0v) is 11.5. The van der Waals surface area contributed by atoms with Gasteiger partial charge in [-0.1, -0.05) is 30.3 Å². The van der Waals surface area contributed by atoms with Gasteiger partial charge in [-0.25, -0.2) is 15.8 Å². The second kappa shape index (κ2) is 6.95. The molecule has 3 N–H and O–H groups in total. The molecular weight excluding hydrogens is 256 g/mol. The van der Waals surface area contributed by atoms with Gasteiger partial charge in [0.1, 0.15) is 11.9 Å². The van der Waals surface area contributed by atoms with Crippen molar-refractivity contribution < 1.29 is 9.47 Å². The van der Waals surface area contributed by atoms with E-state index in [0.717, 1.165) is 11.3 Å². The summed E-state index contributed by atoms with van der Waals surface area (Å²) in [7, 11) is 3.24. The minimum Gasteiger partial charge on any atom is -0.378 e. The maximum absolute atomic E-state index is 5.52. The Kier molecular flexibility index (Phi) is 5.00. The standard InChI is InChI=1S/C14H18N4O2/c1-19-9-11-8-12(18-15)17-14(16-11)13(20-2)10-6-4-3-5-7-10/h3-8,13H,9,15H2,1-2H3,(H,16,17,18). The fourth-order valence-electron chi connectivity index (χ4n) is 1.95. The Morgan fingerprint density at radius 2 is 1.95 bits per heavy atom. The number of nitrogens with zero attached hydrogens (tertiary/aromatic N) is 2. The molecule has 1 aromatic carbocycles. The predicted octanol–water partition coefficient (Wildman–Crippen LogP) is 1.64. The number of rotatable bonds is 6. The molecule has 0 amide bonds. The minimum atomic E-state index is -0.347. The Labute approximate surface area is 117 Å². The lowest BCUT2D eigenvalue weighted by atomic mass is 10.1. The van der Waals surface area contributed by atoms with Crippen LogP contribution in [0.15, 0.2) is 36.4 Å². The van der Waals surface area contributed by atoms with Crippen molar-refractivity contribution in [3.05, 3.63) is 53.5 Å². The van der Waals surface area contributed by atoms with Gasteiger partial charge in [-0.2, -0.15) is 0 Å². The molecule has 0 aliphatic heterocycles. The summed E-state index contributed by atoms with van der Waals surface area (Å²) in [6.07, 6.45) is -0.347. The van der Waals surface area contributed by atoms with Crippen molar-refractivity contribution in [1.29, 1.82) is 0 Å². The van der Waals surface area contributed by atoms with Crippen LogP contribution < -0.4 is 11.3 Å². The number of hydrogen-bond donors (Lipinski definition) is 2. The second-order valence-corrected chi connectivity index (χ2v) is 4.21. The molecule has 6 heteroatoms. The lowest BCUT2D eigenvalue weighted by molar-refractivity contribution is 0.127. The SMILES string of the molecule is COCc1cc(NN)nc(C(OC)c2ccccc2)n1. The Hall–Kier alpha value is -2.02. The van der Waals surface area contributed by atoms with Crippen LogP contribution in [0.1, 0.15) is 23.2 Å². The number of nitrogens with two attached hydrogens (primary N) is 1. The Bertz CT molecular complexity index is 548. The van der Waals surface area contributed by atoms with Crippen LogP contribution in [0.3, 0.4) is 0 Å². The number of methoxy groups -OCH3 is 2. The van der Waals surface area contributed by atoms with Crippen LogP contribution in [-0.2, 0) is 16.1 Å². The highest BCUT2D eigenvalue weighted by Crippen LogP contribution is 2.23. The third-order valence-corrected chi connectivity index (χ3v) is 2.81. The fourth-order valence-corrected chi connectivity index (χ4v) is 1.95. The first-order valence-electron chi connectivity index (χ1n) is 6.19. The third-order valence-electron chi connectivity index (χ3n) is 2.81. The number of ether oxygens (including phenoxy) is 2. The highest BCUT2D eigenvalue weighted by molar-refractivity contribution is 5.36.